The van der Waals surface area contributed by atoms with Crippen molar-refractivity contribution < 1.29 is 8.42 Å². The van der Waals surface area contributed by atoms with Crippen LogP contribution in [0.15, 0.2) is 41.6 Å². The van der Waals surface area contributed by atoms with Crippen molar-refractivity contribution in [1.29, 1.82) is 0 Å². The Morgan fingerprint density at radius 3 is 2.44 bits per heavy atom. The first-order chi connectivity index (χ1) is 8.62. The largest absolute Gasteiger partial charge is 0.284 e. The summed E-state index contributed by atoms with van der Waals surface area (Å²) in [6.45, 7) is 0.232. The van der Waals surface area contributed by atoms with Crippen LogP contribution in [0.4, 0.5) is 0 Å². The SMILES string of the molecule is O=S(=O)(NCc1ccc(CCl)cc1)c1cn[nH]c1. The number of nitrogens with zero attached hydrogens (tertiary/aromatic N) is 1. The highest BCUT2D eigenvalue weighted by atomic mass is 35.5. The Balaban J connectivity index is 2.03. The average Bonchev–Trinajstić information content (AvgIpc) is 2.92. The molecule has 0 atom stereocenters. The van der Waals surface area contributed by atoms with Crippen LogP contribution in [0.5, 0.6) is 0 Å². The summed E-state index contributed by atoms with van der Waals surface area (Å²) >= 11 is 5.67. The van der Waals surface area contributed by atoms with E-state index in [0.717, 1.165) is 11.1 Å². The molecule has 0 saturated heterocycles. The van der Waals surface area contributed by atoms with Gasteiger partial charge in [-0.1, -0.05) is 24.3 Å². The van der Waals surface area contributed by atoms with Crippen molar-refractivity contribution in [2.24, 2.45) is 0 Å². The summed E-state index contributed by atoms with van der Waals surface area (Å²) in [5.41, 5.74) is 1.87. The molecule has 1 heterocycles. The molecule has 0 aliphatic rings. The van der Waals surface area contributed by atoms with Crippen LogP contribution in [0.1, 0.15) is 11.1 Å². The molecule has 0 radical (unpaired) electrons. The maximum atomic E-state index is 11.8. The number of sulfonamides is 1. The zero-order valence-electron chi connectivity index (χ0n) is 9.43. The Labute approximate surface area is 110 Å². The Morgan fingerprint density at radius 2 is 1.89 bits per heavy atom. The molecule has 2 N–H and O–H groups in total. The maximum Gasteiger partial charge on any atom is 0.243 e. The molecular weight excluding hydrogens is 274 g/mol. The monoisotopic (exact) mass is 285 g/mol. The summed E-state index contributed by atoms with van der Waals surface area (Å²) in [4.78, 5) is 0.125. The van der Waals surface area contributed by atoms with Gasteiger partial charge in [0, 0.05) is 18.6 Å². The third kappa shape index (κ3) is 3.10. The normalized spacial score (nSPS) is 11.6. The maximum absolute atomic E-state index is 11.8. The Bertz CT molecular complexity index is 594. The average molecular weight is 286 g/mol. The molecule has 2 rings (SSSR count). The van der Waals surface area contributed by atoms with E-state index in [4.69, 9.17) is 11.6 Å². The highest BCUT2D eigenvalue weighted by Gasteiger charge is 2.14. The summed E-state index contributed by atoms with van der Waals surface area (Å²) in [5, 5.41) is 6.07. The van der Waals surface area contributed by atoms with Gasteiger partial charge in [0.2, 0.25) is 10.0 Å². The number of H-pyrrole nitrogens is 1. The van der Waals surface area contributed by atoms with E-state index in [0.29, 0.717) is 5.88 Å². The van der Waals surface area contributed by atoms with Gasteiger partial charge < -0.3 is 0 Å². The van der Waals surface area contributed by atoms with E-state index in [1.54, 1.807) is 0 Å². The predicted octanol–water partition coefficient (Wildman–Crippen LogP) is 1.63. The predicted molar refractivity (Wildman–Crippen MR) is 68.6 cm³/mol. The second-order valence-corrected chi connectivity index (χ2v) is 5.74. The van der Waals surface area contributed by atoms with Crippen LogP contribution in [-0.4, -0.2) is 18.6 Å². The first kappa shape index (κ1) is 13.1. The lowest BCUT2D eigenvalue weighted by atomic mass is 10.1. The van der Waals surface area contributed by atoms with E-state index in [9.17, 15) is 8.42 Å². The lowest BCUT2D eigenvalue weighted by molar-refractivity contribution is 0.581. The van der Waals surface area contributed by atoms with Crippen molar-refractivity contribution >= 4 is 21.6 Å². The number of hydrogen-bond donors (Lipinski definition) is 2. The number of alkyl halides is 1. The topological polar surface area (TPSA) is 74.8 Å². The van der Waals surface area contributed by atoms with Gasteiger partial charge in [-0.2, -0.15) is 5.10 Å². The number of halogens is 1. The zero-order chi connectivity index (χ0) is 13.0. The van der Waals surface area contributed by atoms with Gasteiger partial charge in [-0.25, -0.2) is 13.1 Å². The van der Waals surface area contributed by atoms with Gasteiger partial charge in [0.15, 0.2) is 0 Å². The quantitative estimate of drug-likeness (QED) is 0.820. The van der Waals surface area contributed by atoms with E-state index in [-0.39, 0.29) is 11.4 Å². The molecule has 0 saturated carbocycles. The van der Waals surface area contributed by atoms with Crippen LogP contribution in [0.2, 0.25) is 0 Å². The van der Waals surface area contributed by atoms with E-state index >= 15 is 0 Å². The molecule has 0 unspecified atom stereocenters. The standard InChI is InChI=1S/C11H12ClN3O2S/c12-5-9-1-3-10(4-2-9)6-15-18(16,17)11-7-13-14-8-11/h1-4,7-8,15H,5-6H2,(H,13,14). The summed E-state index contributed by atoms with van der Waals surface area (Å²) < 4.78 is 26.1. The van der Waals surface area contributed by atoms with Gasteiger partial charge in [0.05, 0.1) is 6.20 Å². The fraction of sp³-hybridized carbons (Fsp3) is 0.182. The summed E-state index contributed by atoms with van der Waals surface area (Å²) in [6.07, 6.45) is 2.60. The number of benzene rings is 1. The van der Waals surface area contributed by atoms with Gasteiger partial charge in [-0.3, -0.25) is 5.10 Å². The molecule has 0 aliphatic carbocycles. The summed E-state index contributed by atoms with van der Waals surface area (Å²) in [7, 11) is -3.50. The third-order valence-electron chi connectivity index (χ3n) is 2.43. The van der Waals surface area contributed by atoms with E-state index in [1.807, 2.05) is 24.3 Å². The molecule has 18 heavy (non-hydrogen) atoms. The minimum Gasteiger partial charge on any atom is -0.284 e. The second kappa shape index (κ2) is 5.51. The van der Waals surface area contributed by atoms with Crippen LogP contribution in [0.3, 0.4) is 0 Å². The molecule has 7 heteroatoms. The zero-order valence-corrected chi connectivity index (χ0v) is 11.0. The van der Waals surface area contributed by atoms with Crippen LogP contribution < -0.4 is 4.72 Å². The Kier molecular flexibility index (Phi) is 4.00. The smallest absolute Gasteiger partial charge is 0.243 e. The molecule has 5 nitrogen and oxygen atoms in total. The Morgan fingerprint density at radius 1 is 1.22 bits per heavy atom. The van der Waals surface area contributed by atoms with Gasteiger partial charge in [-0.15, -0.1) is 11.6 Å². The number of aromatic nitrogens is 2. The van der Waals surface area contributed by atoms with Crippen molar-refractivity contribution in [3.8, 4) is 0 Å². The molecule has 0 spiro atoms. The lowest BCUT2D eigenvalue weighted by Gasteiger charge is -2.05. The molecule has 96 valence electrons. The number of aromatic amines is 1. The molecular formula is C11H12ClN3O2S. The molecule has 0 bridgehead atoms. The minimum absolute atomic E-state index is 0.125. The van der Waals surface area contributed by atoms with Crippen molar-refractivity contribution in [2.45, 2.75) is 17.3 Å². The van der Waals surface area contributed by atoms with Crippen LogP contribution in [0, 0.1) is 0 Å². The lowest BCUT2D eigenvalue weighted by Crippen LogP contribution is -2.22. The van der Waals surface area contributed by atoms with Gasteiger partial charge >= 0.3 is 0 Å². The molecule has 0 fully saturated rings. The molecule has 1 aromatic heterocycles. The summed E-state index contributed by atoms with van der Waals surface area (Å²) in [5.74, 6) is 0.445. The number of rotatable bonds is 5. The highest BCUT2D eigenvalue weighted by Crippen LogP contribution is 2.09. The number of hydrogen-bond acceptors (Lipinski definition) is 3. The molecule has 0 amide bonds. The second-order valence-electron chi connectivity index (χ2n) is 3.71. The summed E-state index contributed by atoms with van der Waals surface area (Å²) in [6, 6.07) is 7.42. The number of nitrogens with one attached hydrogen (secondary N) is 2. The van der Waals surface area contributed by atoms with Crippen LogP contribution >= 0.6 is 11.6 Å². The third-order valence-corrected chi connectivity index (χ3v) is 4.10. The molecule has 2 aromatic rings. The van der Waals surface area contributed by atoms with E-state index < -0.39 is 10.0 Å². The Hall–Kier alpha value is -1.37. The molecule has 0 aliphatic heterocycles. The molecule has 1 aromatic carbocycles. The van der Waals surface area contributed by atoms with Crippen molar-refractivity contribution in [2.75, 3.05) is 0 Å². The van der Waals surface area contributed by atoms with Crippen molar-refractivity contribution in [1.82, 2.24) is 14.9 Å². The minimum atomic E-state index is -3.50. The van der Waals surface area contributed by atoms with Crippen molar-refractivity contribution in [3.63, 3.8) is 0 Å². The van der Waals surface area contributed by atoms with Gasteiger partial charge in [-0.05, 0) is 11.1 Å². The first-order valence-electron chi connectivity index (χ1n) is 5.24. The highest BCUT2D eigenvalue weighted by molar-refractivity contribution is 7.89. The van der Waals surface area contributed by atoms with Gasteiger partial charge in [0.25, 0.3) is 0 Å². The van der Waals surface area contributed by atoms with E-state index in [2.05, 4.69) is 14.9 Å². The fourth-order valence-corrected chi connectivity index (χ4v) is 2.49. The van der Waals surface area contributed by atoms with Crippen LogP contribution in [0.25, 0.3) is 0 Å². The van der Waals surface area contributed by atoms with Gasteiger partial charge in [0.1, 0.15) is 4.90 Å². The van der Waals surface area contributed by atoms with Crippen molar-refractivity contribution in [3.05, 3.63) is 47.8 Å². The van der Waals surface area contributed by atoms with Crippen LogP contribution in [-0.2, 0) is 22.4 Å². The van der Waals surface area contributed by atoms with E-state index in [1.165, 1.54) is 12.4 Å². The first-order valence-corrected chi connectivity index (χ1v) is 7.26. The fourth-order valence-electron chi connectivity index (χ4n) is 1.39.